The number of nitrogens with one attached hydrogen (secondary N) is 2. The van der Waals surface area contributed by atoms with E-state index in [-0.39, 0.29) is 5.91 Å². The van der Waals surface area contributed by atoms with E-state index in [1.54, 1.807) is 12.4 Å². The summed E-state index contributed by atoms with van der Waals surface area (Å²) >= 11 is 0. The predicted molar refractivity (Wildman–Crippen MR) is 76.0 cm³/mol. The van der Waals surface area contributed by atoms with Crippen molar-refractivity contribution in [3.8, 4) is 0 Å². The largest absolute Gasteiger partial charge is 0.382 e. The molecular formula is C14H22N4O. The van der Waals surface area contributed by atoms with Crippen LogP contribution in [0.15, 0.2) is 24.5 Å². The van der Waals surface area contributed by atoms with Crippen molar-refractivity contribution in [1.82, 2.24) is 15.2 Å². The quantitative estimate of drug-likeness (QED) is 0.754. The van der Waals surface area contributed by atoms with Gasteiger partial charge in [-0.05, 0) is 38.6 Å². The van der Waals surface area contributed by atoms with Crippen LogP contribution in [-0.2, 0) is 4.79 Å². The van der Waals surface area contributed by atoms with Gasteiger partial charge < -0.3 is 15.5 Å². The summed E-state index contributed by atoms with van der Waals surface area (Å²) in [7, 11) is 2.09. The molecule has 1 saturated heterocycles. The summed E-state index contributed by atoms with van der Waals surface area (Å²) in [5, 5.41) is 6.17. The molecule has 2 heterocycles. The van der Waals surface area contributed by atoms with Crippen molar-refractivity contribution in [3.05, 3.63) is 24.5 Å². The Balaban J connectivity index is 1.59. The number of rotatable bonds is 6. The third-order valence-corrected chi connectivity index (χ3v) is 3.53. The van der Waals surface area contributed by atoms with Crippen molar-refractivity contribution in [2.75, 3.05) is 32.0 Å². The number of carbonyl (C=O) groups excluding carboxylic acids is 1. The van der Waals surface area contributed by atoms with Gasteiger partial charge >= 0.3 is 0 Å². The van der Waals surface area contributed by atoms with Gasteiger partial charge in [-0.1, -0.05) is 0 Å². The highest BCUT2D eigenvalue weighted by molar-refractivity contribution is 5.76. The third-order valence-electron chi connectivity index (χ3n) is 3.53. The molecule has 2 N–H and O–H groups in total. The summed E-state index contributed by atoms with van der Waals surface area (Å²) in [6, 6.07) is 4.27. The van der Waals surface area contributed by atoms with Crippen LogP contribution in [0, 0.1) is 0 Å². The lowest BCUT2D eigenvalue weighted by Gasteiger charge is -2.18. The normalized spacial score (nSPS) is 19.3. The molecule has 0 spiro atoms. The Morgan fingerprint density at radius 1 is 1.53 bits per heavy atom. The van der Waals surface area contributed by atoms with Crippen LogP contribution < -0.4 is 10.6 Å². The molecule has 2 rings (SSSR count). The molecule has 1 aliphatic rings. The van der Waals surface area contributed by atoms with Gasteiger partial charge in [0.25, 0.3) is 0 Å². The number of likely N-dealkylation sites (tertiary alicyclic amines) is 1. The van der Waals surface area contributed by atoms with Crippen LogP contribution >= 0.6 is 0 Å². The van der Waals surface area contributed by atoms with Crippen LogP contribution in [0.4, 0.5) is 5.69 Å². The van der Waals surface area contributed by atoms with E-state index in [1.807, 2.05) is 12.1 Å². The van der Waals surface area contributed by atoms with Gasteiger partial charge in [-0.3, -0.25) is 9.78 Å². The standard InChI is InChI=1S/C14H22N4O/c1-18-9-3-5-13(18)10-14(19)17-8-7-16-12-4-2-6-15-11-12/h2,4,6,11,13,16H,3,5,7-10H2,1H3,(H,17,19)/t13-/m1/s1. The second-order valence-electron chi connectivity index (χ2n) is 5.00. The number of pyridine rings is 1. The molecule has 1 fully saturated rings. The van der Waals surface area contributed by atoms with E-state index in [4.69, 9.17) is 0 Å². The van der Waals surface area contributed by atoms with Crippen molar-refractivity contribution < 1.29 is 4.79 Å². The van der Waals surface area contributed by atoms with Gasteiger partial charge in [0.2, 0.25) is 5.91 Å². The first-order valence-corrected chi connectivity index (χ1v) is 6.86. The molecule has 104 valence electrons. The van der Waals surface area contributed by atoms with Crippen LogP contribution in [0.25, 0.3) is 0 Å². The molecular weight excluding hydrogens is 240 g/mol. The molecule has 1 atom stereocenters. The van der Waals surface area contributed by atoms with Gasteiger partial charge in [0, 0.05) is 37.9 Å². The highest BCUT2D eigenvalue weighted by Gasteiger charge is 2.22. The SMILES string of the molecule is CN1CCC[C@@H]1CC(=O)NCCNc1cccnc1. The molecule has 0 radical (unpaired) electrons. The molecule has 0 aliphatic carbocycles. The Morgan fingerprint density at radius 2 is 2.42 bits per heavy atom. The van der Waals surface area contributed by atoms with E-state index >= 15 is 0 Å². The van der Waals surface area contributed by atoms with Crippen molar-refractivity contribution >= 4 is 11.6 Å². The fourth-order valence-electron chi connectivity index (χ4n) is 2.40. The van der Waals surface area contributed by atoms with E-state index in [0.717, 1.165) is 25.2 Å². The summed E-state index contributed by atoms with van der Waals surface area (Å²) in [5.41, 5.74) is 0.979. The minimum absolute atomic E-state index is 0.145. The van der Waals surface area contributed by atoms with Crippen molar-refractivity contribution in [2.24, 2.45) is 0 Å². The lowest BCUT2D eigenvalue weighted by molar-refractivity contribution is -0.121. The second-order valence-corrected chi connectivity index (χ2v) is 5.00. The predicted octanol–water partition coefficient (Wildman–Crippen LogP) is 1.09. The van der Waals surface area contributed by atoms with Crippen LogP contribution in [0.2, 0.25) is 0 Å². The first kappa shape index (κ1) is 13.8. The first-order chi connectivity index (χ1) is 9.25. The zero-order valence-corrected chi connectivity index (χ0v) is 11.4. The smallest absolute Gasteiger partial charge is 0.221 e. The Bertz CT molecular complexity index is 396. The monoisotopic (exact) mass is 262 g/mol. The number of hydrogen-bond donors (Lipinski definition) is 2. The molecule has 1 amide bonds. The van der Waals surface area contributed by atoms with Gasteiger partial charge in [-0.25, -0.2) is 0 Å². The van der Waals surface area contributed by atoms with Crippen molar-refractivity contribution in [1.29, 1.82) is 0 Å². The zero-order valence-electron chi connectivity index (χ0n) is 11.4. The minimum atomic E-state index is 0.145. The number of hydrogen-bond acceptors (Lipinski definition) is 4. The van der Waals surface area contributed by atoms with E-state index in [9.17, 15) is 4.79 Å². The maximum Gasteiger partial charge on any atom is 0.221 e. The van der Waals surface area contributed by atoms with Gasteiger partial charge in [0.1, 0.15) is 0 Å². The van der Waals surface area contributed by atoms with Crippen LogP contribution in [0.1, 0.15) is 19.3 Å². The highest BCUT2D eigenvalue weighted by Crippen LogP contribution is 2.17. The third kappa shape index (κ3) is 4.52. The van der Waals surface area contributed by atoms with E-state index in [1.165, 1.54) is 6.42 Å². The molecule has 0 bridgehead atoms. The zero-order chi connectivity index (χ0) is 13.5. The van der Waals surface area contributed by atoms with Gasteiger partial charge in [-0.2, -0.15) is 0 Å². The van der Waals surface area contributed by atoms with Gasteiger partial charge in [-0.15, -0.1) is 0 Å². The summed E-state index contributed by atoms with van der Waals surface area (Å²) < 4.78 is 0. The molecule has 5 heteroatoms. The van der Waals surface area contributed by atoms with Crippen molar-refractivity contribution in [3.63, 3.8) is 0 Å². The maximum atomic E-state index is 11.8. The Hall–Kier alpha value is -1.62. The molecule has 1 aromatic rings. The fourth-order valence-corrected chi connectivity index (χ4v) is 2.40. The average Bonchev–Trinajstić information content (AvgIpc) is 2.82. The Morgan fingerprint density at radius 3 is 3.11 bits per heavy atom. The first-order valence-electron chi connectivity index (χ1n) is 6.86. The summed E-state index contributed by atoms with van der Waals surface area (Å²) in [6.07, 6.45) is 6.47. The lowest BCUT2D eigenvalue weighted by Crippen LogP contribution is -2.35. The van der Waals surface area contributed by atoms with E-state index < -0.39 is 0 Å². The number of amides is 1. The molecule has 19 heavy (non-hydrogen) atoms. The molecule has 0 saturated carbocycles. The van der Waals surface area contributed by atoms with Crippen LogP contribution in [0.5, 0.6) is 0 Å². The number of aromatic nitrogens is 1. The molecule has 0 aromatic carbocycles. The molecule has 0 unspecified atom stereocenters. The summed E-state index contributed by atoms with van der Waals surface area (Å²) in [4.78, 5) is 18.1. The van der Waals surface area contributed by atoms with Gasteiger partial charge in [0.15, 0.2) is 0 Å². The van der Waals surface area contributed by atoms with E-state index in [2.05, 4.69) is 27.6 Å². The number of nitrogens with zero attached hydrogens (tertiary/aromatic N) is 2. The second kappa shape index (κ2) is 7.09. The topological polar surface area (TPSA) is 57.3 Å². The van der Waals surface area contributed by atoms with Gasteiger partial charge in [0.05, 0.1) is 5.69 Å². The van der Waals surface area contributed by atoms with Crippen LogP contribution in [-0.4, -0.2) is 48.5 Å². The highest BCUT2D eigenvalue weighted by atomic mass is 16.1. The number of carbonyl (C=O) groups is 1. The Labute approximate surface area is 114 Å². The minimum Gasteiger partial charge on any atom is -0.382 e. The summed E-state index contributed by atoms with van der Waals surface area (Å²) in [6.45, 7) is 2.47. The molecule has 5 nitrogen and oxygen atoms in total. The fraction of sp³-hybridized carbons (Fsp3) is 0.571. The van der Waals surface area contributed by atoms with Crippen LogP contribution in [0.3, 0.4) is 0 Å². The van der Waals surface area contributed by atoms with E-state index in [0.29, 0.717) is 19.0 Å². The maximum absolute atomic E-state index is 11.8. The molecule has 1 aromatic heterocycles. The average molecular weight is 262 g/mol. The number of anilines is 1. The Kier molecular flexibility index (Phi) is 5.15. The van der Waals surface area contributed by atoms with Crippen molar-refractivity contribution in [2.45, 2.75) is 25.3 Å². The molecule has 1 aliphatic heterocycles. The summed E-state index contributed by atoms with van der Waals surface area (Å²) in [5.74, 6) is 0.145. The lowest BCUT2D eigenvalue weighted by atomic mass is 10.1.